The van der Waals surface area contributed by atoms with Gasteiger partial charge in [-0.15, -0.1) is 0 Å². The van der Waals surface area contributed by atoms with E-state index in [0.29, 0.717) is 57.9 Å². The van der Waals surface area contributed by atoms with Crippen molar-refractivity contribution in [2.24, 2.45) is 23.3 Å². The Morgan fingerprint density at radius 1 is 0.710 bits per heavy atom. The van der Waals surface area contributed by atoms with Gasteiger partial charge in [0.05, 0.1) is 33.3 Å². The summed E-state index contributed by atoms with van der Waals surface area (Å²) in [6.07, 6.45) is 0. The fourth-order valence-electron chi connectivity index (χ4n) is 2.87. The predicted octanol–water partition coefficient (Wildman–Crippen LogP) is 6.57. The van der Waals surface area contributed by atoms with Gasteiger partial charge in [-0.1, -0.05) is 74.1 Å². The van der Waals surface area contributed by atoms with Crippen LogP contribution < -0.4 is 20.9 Å². The van der Waals surface area contributed by atoms with E-state index in [1.165, 1.54) is 0 Å². The average molecular weight is 508 g/mol. The second-order valence-electron chi connectivity index (χ2n) is 8.47. The summed E-state index contributed by atoms with van der Waals surface area (Å²) in [5.41, 5.74) is 12.6. The van der Waals surface area contributed by atoms with Crippen molar-refractivity contribution in [1.82, 2.24) is 0 Å². The molecule has 2 rings (SSSR count). The molecule has 2 atom stereocenters. The molecule has 2 aromatic rings. The Morgan fingerprint density at radius 2 is 1.00 bits per heavy atom. The van der Waals surface area contributed by atoms with Gasteiger partial charge in [-0.05, 0) is 48.5 Å². The molecule has 0 aromatic heterocycles. The molecule has 2 aromatic carbocycles. The number of ether oxygens (including phenoxy) is 2. The summed E-state index contributed by atoms with van der Waals surface area (Å²) in [6, 6.07) is 7.41. The van der Waals surface area contributed by atoms with Gasteiger partial charge in [0.25, 0.3) is 0 Å². The van der Waals surface area contributed by atoms with Crippen LogP contribution in [0.4, 0.5) is 0 Å². The van der Waals surface area contributed by atoms with Crippen molar-refractivity contribution >= 4 is 46.4 Å². The lowest BCUT2D eigenvalue weighted by atomic mass is 9.78. The van der Waals surface area contributed by atoms with Crippen LogP contribution in [0.15, 0.2) is 24.3 Å². The zero-order valence-corrected chi connectivity index (χ0v) is 21.3. The molecule has 0 aliphatic heterocycles. The maximum atomic E-state index is 6.50. The van der Waals surface area contributed by atoms with Crippen molar-refractivity contribution in [3.05, 3.63) is 55.5 Å². The third kappa shape index (κ3) is 6.56. The number of nitrogens with two attached hydrogens (primary N) is 2. The fourth-order valence-corrected chi connectivity index (χ4v) is 4.06. The van der Waals surface area contributed by atoms with Gasteiger partial charge in [0.15, 0.2) is 11.5 Å². The Morgan fingerprint density at radius 3 is 1.26 bits per heavy atom. The van der Waals surface area contributed by atoms with E-state index in [1.54, 1.807) is 0 Å². The Bertz CT molecular complexity index is 788. The second kappa shape index (κ2) is 11.3. The summed E-state index contributed by atoms with van der Waals surface area (Å²) in [4.78, 5) is 0. The van der Waals surface area contributed by atoms with E-state index in [4.69, 9.17) is 67.3 Å². The van der Waals surface area contributed by atoms with Crippen molar-refractivity contribution in [1.29, 1.82) is 0 Å². The minimum Gasteiger partial charge on any atom is -0.490 e. The Kier molecular flexibility index (Phi) is 9.62. The van der Waals surface area contributed by atoms with Crippen LogP contribution in [0.25, 0.3) is 0 Å². The summed E-state index contributed by atoms with van der Waals surface area (Å²) < 4.78 is 11.6. The average Bonchev–Trinajstić information content (AvgIpc) is 2.71. The van der Waals surface area contributed by atoms with Gasteiger partial charge in [0.1, 0.15) is 0 Å². The molecule has 0 bridgehead atoms. The van der Waals surface area contributed by atoms with Crippen LogP contribution in [0.1, 0.15) is 38.8 Å². The Hall–Kier alpha value is -0.880. The monoisotopic (exact) mass is 506 g/mol. The SMILES string of the molecule is CC(CN)COc1c(Cl)cc(C(C)(C)c2cc(Cl)c(OCC(C)CN)c(Cl)c2)cc1Cl. The molecule has 0 fully saturated rings. The highest BCUT2D eigenvalue weighted by atomic mass is 35.5. The van der Waals surface area contributed by atoms with Crippen LogP contribution in [-0.4, -0.2) is 26.3 Å². The van der Waals surface area contributed by atoms with Crippen LogP contribution >= 0.6 is 46.4 Å². The molecule has 0 saturated heterocycles. The lowest BCUT2D eigenvalue weighted by Crippen LogP contribution is -2.21. The van der Waals surface area contributed by atoms with Crippen molar-refractivity contribution in [2.45, 2.75) is 33.1 Å². The minimum absolute atomic E-state index is 0.195. The smallest absolute Gasteiger partial charge is 0.156 e. The van der Waals surface area contributed by atoms with Gasteiger partial charge < -0.3 is 20.9 Å². The predicted molar refractivity (Wildman–Crippen MR) is 132 cm³/mol. The van der Waals surface area contributed by atoms with Crippen molar-refractivity contribution in [3.63, 3.8) is 0 Å². The summed E-state index contributed by atoms with van der Waals surface area (Å²) >= 11 is 26.0. The van der Waals surface area contributed by atoms with E-state index in [0.717, 1.165) is 11.1 Å². The zero-order chi connectivity index (χ0) is 23.3. The maximum absolute atomic E-state index is 6.50. The van der Waals surface area contributed by atoms with E-state index >= 15 is 0 Å². The quantitative estimate of drug-likeness (QED) is 0.381. The highest BCUT2D eigenvalue weighted by Gasteiger charge is 2.28. The van der Waals surface area contributed by atoms with Gasteiger partial charge in [-0.25, -0.2) is 0 Å². The minimum atomic E-state index is -0.479. The fraction of sp³-hybridized carbons (Fsp3) is 0.478. The largest absolute Gasteiger partial charge is 0.490 e. The van der Waals surface area contributed by atoms with Gasteiger partial charge in [0, 0.05) is 17.3 Å². The number of hydrogen-bond acceptors (Lipinski definition) is 4. The first-order chi connectivity index (χ1) is 14.5. The molecule has 0 aliphatic rings. The number of hydrogen-bond donors (Lipinski definition) is 2. The zero-order valence-electron chi connectivity index (χ0n) is 18.3. The van der Waals surface area contributed by atoms with Crippen molar-refractivity contribution in [3.8, 4) is 11.5 Å². The van der Waals surface area contributed by atoms with Crippen LogP contribution in [0.2, 0.25) is 20.1 Å². The molecule has 0 radical (unpaired) electrons. The molecular weight excluding hydrogens is 478 g/mol. The molecule has 0 amide bonds. The van der Waals surface area contributed by atoms with Gasteiger partial charge in [0.2, 0.25) is 0 Å². The highest BCUT2D eigenvalue weighted by molar-refractivity contribution is 6.38. The molecule has 31 heavy (non-hydrogen) atoms. The normalized spacial score (nSPS) is 13.7. The van der Waals surface area contributed by atoms with E-state index < -0.39 is 5.41 Å². The number of rotatable bonds is 10. The van der Waals surface area contributed by atoms with Crippen molar-refractivity contribution < 1.29 is 9.47 Å². The van der Waals surface area contributed by atoms with Crippen LogP contribution in [0.5, 0.6) is 11.5 Å². The Labute approximate surface area is 205 Å². The molecule has 4 nitrogen and oxygen atoms in total. The third-order valence-electron chi connectivity index (χ3n) is 5.27. The number of benzene rings is 2. The lowest BCUT2D eigenvalue weighted by molar-refractivity contribution is 0.264. The van der Waals surface area contributed by atoms with Gasteiger partial charge >= 0.3 is 0 Å². The van der Waals surface area contributed by atoms with E-state index in [2.05, 4.69) is 0 Å². The highest BCUT2D eigenvalue weighted by Crippen LogP contribution is 2.43. The molecule has 0 aliphatic carbocycles. The first kappa shape index (κ1) is 26.4. The first-order valence-electron chi connectivity index (χ1n) is 10.2. The van der Waals surface area contributed by atoms with Crippen molar-refractivity contribution in [2.75, 3.05) is 26.3 Å². The maximum Gasteiger partial charge on any atom is 0.156 e. The molecule has 4 N–H and O–H groups in total. The Balaban J connectivity index is 2.34. The third-order valence-corrected chi connectivity index (χ3v) is 6.39. The lowest BCUT2D eigenvalue weighted by Gasteiger charge is -2.28. The summed E-state index contributed by atoms with van der Waals surface area (Å²) in [5.74, 6) is 1.30. The molecule has 0 spiro atoms. The standard InChI is InChI=1S/C23H30Cl4N2O2/c1-13(9-28)11-30-21-17(24)5-15(6-18(21)25)23(3,4)16-7-19(26)22(20(27)8-16)31-12-14(2)10-29/h5-8,13-14H,9-12,28-29H2,1-4H3. The van der Waals surface area contributed by atoms with Crippen LogP contribution in [-0.2, 0) is 5.41 Å². The van der Waals surface area contributed by atoms with Crippen LogP contribution in [0, 0.1) is 11.8 Å². The van der Waals surface area contributed by atoms with Gasteiger partial charge in [-0.2, -0.15) is 0 Å². The van der Waals surface area contributed by atoms with E-state index in [-0.39, 0.29) is 11.8 Å². The molecule has 0 heterocycles. The first-order valence-corrected chi connectivity index (χ1v) is 11.7. The molecular formula is C23H30Cl4N2O2. The summed E-state index contributed by atoms with van der Waals surface area (Å²) in [6.45, 7) is 10.0. The molecule has 0 saturated carbocycles. The molecule has 2 unspecified atom stereocenters. The summed E-state index contributed by atoms with van der Waals surface area (Å²) in [7, 11) is 0. The van der Waals surface area contributed by atoms with Gasteiger partial charge in [-0.3, -0.25) is 0 Å². The molecule has 172 valence electrons. The van der Waals surface area contributed by atoms with E-state index in [9.17, 15) is 0 Å². The van der Waals surface area contributed by atoms with Crippen LogP contribution in [0.3, 0.4) is 0 Å². The topological polar surface area (TPSA) is 70.5 Å². The number of halogens is 4. The summed E-state index contributed by atoms with van der Waals surface area (Å²) in [5, 5.41) is 1.75. The second-order valence-corrected chi connectivity index (χ2v) is 10.1. The van der Waals surface area contributed by atoms with E-state index in [1.807, 2.05) is 52.0 Å². The molecule has 8 heteroatoms.